The summed E-state index contributed by atoms with van der Waals surface area (Å²) in [6, 6.07) is 4.72. The van der Waals surface area contributed by atoms with Gasteiger partial charge in [0, 0.05) is 12.6 Å². The monoisotopic (exact) mass is 474 g/mol. The summed E-state index contributed by atoms with van der Waals surface area (Å²) >= 11 is 0. The minimum atomic E-state index is -4.86. The van der Waals surface area contributed by atoms with E-state index in [4.69, 9.17) is 16.2 Å². The van der Waals surface area contributed by atoms with Crippen LogP contribution in [0, 0.1) is 0 Å². The van der Waals surface area contributed by atoms with E-state index < -0.39 is 48.9 Å². The number of primary amides is 1. The molecule has 0 radical (unpaired) electrons. The topological polar surface area (TPSA) is 121 Å². The van der Waals surface area contributed by atoms with Crippen LogP contribution in [0.15, 0.2) is 36.5 Å². The first kappa shape index (κ1) is 24.0. The first-order valence-electron chi connectivity index (χ1n) is 9.53. The molecular weight excluding hydrogens is 455 g/mol. The summed E-state index contributed by atoms with van der Waals surface area (Å²) < 4.78 is 74.1. The zero-order valence-electron chi connectivity index (χ0n) is 16.9. The summed E-state index contributed by atoms with van der Waals surface area (Å²) in [4.78, 5) is 28.7. The van der Waals surface area contributed by atoms with E-state index in [0.29, 0.717) is 5.56 Å². The van der Waals surface area contributed by atoms with Crippen LogP contribution < -0.4 is 20.9 Å². The lowest BCUT2D eigenvalue weighted by molar-refractivity contribution is -0.274. The molecule has 2 heterocycles. The van der Waals surface area contributed by atoms with Gasteiger partial charge in [0.15, 0.2) is 11.6 Å². The Morgan fingerprint density at radius 3 is 2.48 bits per heavy atom. The number of nitrogens with two attached hydrogens (primary N) is 2. The van der Waals surface area contributed by atoms with Gasteiger partial charge in [-0.15, -0.1) is 13.2 Å². The van der Waals surface area contributed by atoms with Crippen molar-refractivity contribution < 1.29 is 41.0 Å². The molecule has 1 aromatic carbocycles. The molecule has 1 atom stereocenters. The van der Waals surface area contributed by atoms with E-state index in [1.807, 2.05) is 0 Å². The highest BCUT2D eigenvalue weighted by Gasteiger charge is 2.47. The molecule has 1 fully saturated rings. The third-order valence-electron chi connectivity index (χ3n) is 4.81. The number of nitrogens with zero attached hydrogens (tertiary/aromatic N) is 2. The molecule has 1 aromatic heterocycles. The summed E-state index contributed by atoms with van der Waals surface area (Å²) in [5.74, 6) is -5.22. The Morgan fingerprint density at radius 1 is 1.21 bits per heavy atom. The van der Waals surface area contributed by atoms with Crippen LogP contribution in [0.1, 0.15) is 22.3 Å². The van der Waals surface area contributed by atoms with Gasteiger partial charge in [-0.25, -0.2) is 13.8 Å². The molecule has 0 unspecified atom stereocenters. The Labute approximate surface area is 184 Å². The highest BCUT2D eigenvalue weighted by molar-refractivity contribution is 5.93. The lowest BCUT2D eigenvalue weighted by Gasteiger charge is -2.24. The molecule has 2 aromatic rings. The van der Waals surface area contributed by atoms with Crippen LogP contribution in [0.5, 0.6) is 11.5 Å². The normalized spacial score (nSPS) is 17.6. The third kappa shape index (κ3) is 6.43. The Kier molecular flexibility index (Phi) is 6.60. The predicted molar refractivity (Wildman–Crippen MR) is 105 cm³/mol. The van der Waals surface area contributed by atoms with Crippen molar-refractivity contribution in [1.29, 1.82) is 0 Å². The van der Waals surface area contributed by atoms with Gasteiger partial charge in [0.25, 0.3) is 5.92 Å². The zero-order valence-corrected chi connectivity index (χ0v) is 16.9. The maximum absolute atomic E-state index is 14.1. The van der Waals surface area contributed by atoms with Gasteiger partial charge in [-0.1, -0.05) is 12.1 Å². The van der Waals surface area contributed by atoms with Gasteiger partial charge in [-0.05, 0) is 23.8 Å². The van der Waals surface area contributed by atoms with Gasteiger partial charge in [0.2, 0.25) is 11.8 Å². The van der Waals surface area contributed by atoms with Gasteiger partial charge in [0.05, 0.1) is 24.6 Å². The molecular formula is C20H19F5N4O4. The SMILES string of the molecule is NC(=O)c1cnc(N)c(OC[C@H]2CC(F)(F)CN2C(=O)Cc2ccc(OC(F)(F)F)cc2)c1. The van der Waals surface area contributed by atoms with Crippen LogP contribution in [-0.4, -0.2) is 53.2 Å². The lowest BCUT2D eigenvalue weighted by atomic mass is 10.1. The van der Waals surface area contributed by atoms with Crippen molar-refractivity contribution in [2.45, 2.75) is 31.2 Å². The zero-order chi connectivity index (χ0) is 24.4. The van der Waals surface area contributed by atoms with Crippen LogP contribution in [0.25, 0.3) is 0 Å². The number of halogens is 5. The number of rotatable bonds is 7. The highest BCUT2D eigenvalue weighted by atomic mass is 19.4. The number of hydrogen-bond donors (Lipinski definition) is 2. The quantitative estimate of drug-likeness (QED) is 0.595. The number of alkyl halides is 5. The molecule has 4 N–H and O–H groups in total. The van der Waals surface area contributed by atoms with E-state index >= 15 is 0 Å². The largest absolute Gasteiger partial charge is 0.573 e. The van der Waals surface area contributed by atoms with Crippen molar-refractivity contribution >= 4 is 17.6 Å². The Bertz CT molecular complexity index is 1030. The number of likely N-dealkylation sites (tertiary alicyclic amines) is 1. The maximum atomic E-state index is 14.1. The van der Waals surface area contributed by atoms with Crippen LogP contribution in [0.3, 0.4) is 0 Å². The molecule has 1 aliphatic heterocycles. The smallest absolute Gasteiger partial charge is 0.488 e. The average molecular weight is 474 g/mol. The fourth-order valence-corrected chi connectivity index (χ4v) is 3.32. The number of carbonyl (C=O) groups is 2. The van der Waals surface area contributed by atoms with Gasteiger partial charge in [-0.2, -0.15) is 0 Å². The number of carbonyl (C=O) groups excluding carboxylic acids is 2. The second-order valence-corrected chi connectivity index (χ2v) is 7.39. The number of amides is 2. The molecule has 0 saturated carbocycles. The number of pyridine rings is 1. The van der Waals surface area contributed by atoms with E-state index in [2.05, 4.69) is 9.72 Å². The van der Waals surface area contributed by atoms with Crippen LogP contribution >= 0.6 is 0 Å². The molecule has 0 spiro atoms. The number of hydrogen-bond acceptors (Lipinski definition) is 6. The van der Waals surface area contributed by atoms with Crippen molar-refractivity contribution in [2.75, 3.05) is 18.9 Å². The molecule has 8 nitrogen and oxygen atoms in total. The lowest BCUT2D eigenvalue weighted by Crippen LogP contribution is -2.40. The molecule has 13 heteroatoms. The van der Waals surface area contributed by atoms with E-state index in [1.165, 1.54) is 18.2 Å². The summed E-state index contributed by atoms with van der Waals surface area (Å²) in [6.07, 6.45) is -4.71. The van der Waals surface area contributed by atoms with Gasteiger partial charge in [0.1, 0.15) is 12.4 Å². The van der Waals surface area contributed by atoms with E-state index in [-0.39, 0.29) is 30.2 Å². The van der Waals surface area contributed by atoms with E-state index in [1.54, 1.807) is 0 Å². The predicted octanol–water partition coefficient (Wildman–Crippen LogP) is 2.52. The summed E-state index contributed by atoms with van der Waals surface area (Å²) in [5.41, 5.74) is 11.2. The van der Waals surface area contributed by atoms with Gasteiger partial charge in [-0.3, -0.25) is 9.59 Å². The maximum Gasteiger partial charge on any atom is 0.573 e. The Morgan fingerprint density at radius 2 is 1.88 bits per heavy atom. The number of anilines is 1. The summed E-state index contributed by atoms with van der Waals surface area (Å²) in [5, 5.41) is 0. The first-order valence-corrected chi connectivity index (χ1v) is 9.53. The van der Waals surface area contributed by atoms with Crippen molar-refractivity contribution in [1.82, 2.24) is 9.88 Å². The van der Waals surface area contributed by atoms with Crippen LogP contribution in [0.4, 0.5) is 27.8 Å². The molecule has 0 bridgehead atoms. The number of benzene rings is 1. The Balaban J connectivity index is 1.67. The molecule has 1 saturated heterocycles. The molecule has 0 aliphatic carbocycles. The number of aromatic nitrogens is 1. The second-order valence-electron chi connectivity index (χ2n) is 7.39. The average Bonchev–Trinajstić information content (AvgIpc) is 3.02. The molecule has 178 valence electrons. The fourth-order valence-electron chi connectivity index (χ4n) is 3.32. The van der Waals surface area contributed by atoms with Gasteiger partial charge >= 0.3 is 6.36 Å². The summed E-state index contributed by atoms with van der Waals surface area (Å²) in [6.45, 7) is -1.20. The van der Waals surface area contributed by atoms with Crippen molar-refractivity contribution in [3.63, 3.8) is 0 Å². The molecule has 2 amide bonds. The third-order valence-corrected chi connectivity index (χ3v) is 4.81. The van der Waals surface area contributed by atoms with Crippen LogP contribution in [-0.2, 0) is 11.2 Å². The van der Waals surface area contributed by atoms with Crippen molar-refractivity contribution in [3.05, 3.63) is 47.7 Å². The van der Waals surface area contributed by atoms with Crippen molar-refractivity contribution in [2.24, 2.45) is 5.73 Å². The molecule has 33 heavy (non-hydrogen) atoms. The fraction of sp³-hybridized carbons (Fsp3) is 0.350. The number of nitrogen functional groups attached to an aromatic ring is 1. The second kappa shape index (κ2) is 9.08. The van der Waals surface area contributed by atoms with E-state index in [0.717, 1.165) is 23.2 Å². The first-order chi connectivity index (χ1) is 15.3. The molecule has 3 rings (SSSR count). The summed E-state index contributed by atoms with van der Waals surface area (Å²) in [7, 11) is 0. The molecule has 1 aliphatic rings. The van der Waals surface area contributed by atoms with E-state index in [9.17, 15) is 31.5 Å². The van der Waals surface area contributed by atoms with Crippen LogP contribution in [0.2, 0.25) is 0 Å². The minimum Gasteiger partial charge on any atom is -0.488 e. The Hall–Kier alpha value is -3.64. The number of ether oxygens (including phenoxy) is 2. The van der Waals surface area contributed by atoms with Crippen molar-refractivity contribution in [3.8, 4) is 11.5 Å². The standard InChI is InChI=1S/C20H19F5N4O4/c21-19(22)7-13(9-32-15-6-12(18(27)31)8-28-17(15)26)29(10-19)16(30)5-11-1-3-14(4-2-11)33-20(23,24)25/h1-4,6,8,13H,5,7,9-10H2,(H2,26,28)(H2,27,31)/t13-/m1/s1. The highest BCUT2D eigenvalue weighted by Crippen LogP contribution is 2.33. The minimum absolute atomic E-state index is 0.00170. The van der Waals surface area contributed by atoms with Gasteiger partial charge < -0.3 is 25.8 Å².